The van der Waals surface area contributed by atoms with Crippen LogP contribution in [0.4, 0.5) is 43.9 Å². The average Bonchev–Trinajstić information content (AvgIpc) is 2.84. The highest BCUT2D eigenvalue weighted by Gasteiger charge is 2.98. The van der Waals surface area contributed by atoms with Crippen molar-refractivity contribution >= 4 is 5.97 Å². The van der Waals surface area contributed by atoms with Crippen LogP contribution >= 0.6 is 0 Å². The third-order valence-corrected chi connectivity index (χ3v) is 8.99. The maximum Gasteiger partial charge on any atom is 0.462 e. The van der Waals surface area contributed by atoms with Crippen LogP contribution in [-0.2, 0) is 14.3 Å². The van der Waals surface area contributed by atoms with Crippen LogP contribution in [0, 0.1) is 17.3 Å². The lowest BCUT2D eigenvalue weighted by Gasteiger charge is -2.64. The number of alkyl halides is 10. The second kappa shape index (κ2) is 9.90. The molecule has 4 nitrogen and oxygen atoms in total. The smallest absolute Gasteiger partial charge is 0.417 e. The van der Waals surface area contributed by atoms with Crippen molar-refractivity contribution in [2.24, 2.45) is 17.3 Å². The topological polar surface area (TPSA) is 55.8 Å². The second-order valence-electron chi connectivity index (χ2n) is 11.7. The zero-order valence-corrected chi connectivity index (χ0v) is 21.9. The van der Waals surface area contributed by atoms with Crippen LogP contribution in [0.5, 0.6) is 0 Å². The normalized spacial score (nSPS) is 35.0. The summed E-state index contributed by atoms with van der Waals surface area (Å²) in [5.41, 5.74) is -12.4. The molecule has 1 N–H and O–H groups in total. The van der Waals surface area contributed by atoms with E-state index in [2.05, 4.69) is 9.47 Å². The molecule has 1 heterocycles. The van der Waals surface area contributed by atoms with Crippen molar-refractivity contribution in [2.45, 2.75) is 133 Å². The first-order chi connectivity index (χ1) is 17.6. The van der Waals surface area contributed by atoms with Crippen LogP contribution in [0.25, 0.3) is 0 Å². The molecule has 3 unspecified atom stereocenters. The maximum absolute atomic E-state index is 16.4. The largest absolute Gasteiger partial charge is 0.462 e. The summed E-state index contributed by atoms with van der Waals surface area (Å²) in [6.45, 7) is 3.25. The fraction of sp³-hybridized carbons (Fsp3) is 0.960. The highest BCUT2D eigenvalue weighted by molar-refractivity contribution is 5.76. The summed E-state index contributed by atoms with van der Waals surface area (Å²) in [6, 6.07) is 0. The van der Waals surface area contributed by atoms with Gasteiger partial charge in [-0.05, 0) is 46.0 Å². The third kappa shape index (κ3) is 4.35. The highest BCUT2D eigenvalue weighted by Crippen LogP contribution is 2.71. The maximum atomic E-state index is 16.4. The van der Waals surface area contributed by atoms with Crippen LogP contribution in [0.1, 0.15) is 91.4 Å². The van der Waals surface area contributed by atoms with Gasteiger partial charge in [0.25, 0.3) is 0 Å². The van der Waals surface area contributed by atoms with E-state index in [1.165, 1.54) is 6.92 Å². The van der Waals surface area contributed by atoms with Gasteiger partial charge in [0.15, 0.2) is 0 Å². The number of aliphatic hydroxyl groups is 1. The molecular weight excluding hydrogens is 554 g/mol. The quantitative estimate of drug-likeness (QED) is 0.264. The van der Waals surface area contributed by atoms with Gasteiger partial charge in [-0.1, -0.05) is 45.4 Å². The Labute approximate surface area is 219 Å². The molecule has 2 saturated carbocycles. The molecule has 0 amide bonds. The lowest BCUT2D eigenvalue weighted by atomic mass is 9.58. The number of rotatable bonds is 5. The van der Waals surface area contributed by atoms with Gasteiger partial charge in [-0.3, -0.25) is 4.79 Å². The Kier molecular flexibility index (Phi) is 8.18. The van der Waals surface area contributed by atoms with E-state index < -0.39 is 90.1 Å². The number of hydrogen-bond donors (Lipinski definition) is 1. The molecule has 3 rings (SSSR count). The van der Waals surface area contributed by atoms with Crippen molar-refractivity contribution in [2.75, 3.05) is 0 Å². The standard InChI is InChI=1S/C25H34F10O4/c1-4-18(2,3)17(36)38-23(25(33,34)35)22(28,29)19(37,15-11-7-5-8-12-15)21(26,27)20(39-23,24(30,31)32)16-13-9-6-10-14-16/h15-16,37H,4-14H2,1-3H3. The van der Waals surface area contributed by atoms with Crippen LogP contribution in [0.3, 0.4) is 0 Å². The number of ether oxygens (including phenoxy) is 2. The van der Waals surface area contributed by atoms with E-state index in [-0.39, 0.29) is 44.9 Å². The first-order valence-corrected chi connectivity index (χ1v) is 13.2. The van der Waals surface area contributed by atoms with Crippen LogP contribution < -0.4 is 0 Å². The zero-order valence-electron chi connectivity index (χ0n) is 21.9. The summed E-state index contributed by atoms with van der Waals surface area (Å²) in [7, 11) is 0. The van der Waals surface area contributed by atoms with Crippen LogP contribution in [-0.4, -0.2) is 52.3 Å². The molecule has 3 aliphatic rings. The van der Waals surface area contributed by atoms with Crippen LogP contribution in [0.2, 0.25) is 0 Å². The summed E-state index contributed by atoms with van der Waals surface area (Å²) >= 11 is 0. The van der Waals surface area contributed by atoms with E-state index in [1.807, 2.05) is 0 Å². The van der Waals surface area contributed by atoms with E-state index in [0.29, 0.717) is 0 Å². The van der Waals surface area contributed by atoms with Crippen molar-refractivity contribution in [3.63, 3.8) is 0 Å². The molecule has 3 atom stereocenters. The van der Waals surface area contributed by atoms with E-state index in [1.54, 1.807) is 0 Å². The van der Waals surface area contributed by atoms with Crippen LogP contribution in [0.15, 0.2) is 0 Å². The molecule has 0 aromatic rings. The fourth-order valence-electron chi connectivity index (χ4n) is 6.23. The molecule has 2 aliphatic carbocycles. The van der Waals surface area contributed by atoms with Gasteiger partial charge in [-0.15, -0.1) is 0 Å². The first kappa shape index (κ1) is 32.2. The van der Waals surface area contributed by atoms with E-state index in [9.17, 15) is 36.2 Å². The molecule has 0 spiro atoms. The minimum Gasteiger partial charge on any atom is -0.417 e. The van der Waals surface area contributed by atoms with Crippen molar-refractivity contribution in [3.05, 3.63) is 0 Å². The van der Waals surface area contributed by atoms with Gasteiger partial charge in [0, 0.05) is 11.8 Å². The van der Waals surface area contributed by atoms with Crippen molar-refractivity contribution in [1.82, 2.24) is 0 Å². The molecule has 1 saturated heterocycles. The molecule has 0 aromatic heterocycles. The molecule has 0 aromatic carbocycles. The molecule has 39 heavy (non-hydrogen) atoms. The summed E-state index contributed by atoms with van der Waals surface area (Å²) in [4.78, 5) is 12.8. The Bertz CT molecular complexity index is 906. The van der Waals surface area contributed by atoms with Gasteiger partial charge < -0.3 is 14.6 Å². The summed E-state index contributed by atoms with van der Waals surface area (Å²) < 4.78 is 163. The fourth-order valence-corrected chi connectivity index (χ4v) is 6.23. The lowest BCUT2D eigenvalue weighted by Crippen LogP contribution is -2.90. The monoisotopic (exact) mass is 588 g/mol. The number of esters is 1. The number of carbonyl (C=O) groups excluding carboxylic acids is 1. The predicted molar refractivity (Wildman–Crippen MR) is 117 cm³/mol. The zero-order chi connectivity index (χ0) is 29.9. The SMILES string of the molecule is CCC(C)(C)C(=O)OC1(C(F)(F)F)OC(C2CCCCC2)(C(F)(F)F)C(F)(F)C(O)(C2CCCCC2)C1(F)F. The van der Waals surface area contributed by atoms with Gasteiger partial charge in [0.05, 0.1) is 5.41 Å². The molecule has 14 heteroatoms. The van der Waals surface area contributed by atoms with Crippen molar-refractivity contribution in [3.8, 4) is 0 Å². The average molecular weight is 589 g/mol. The Morgan fingerprint density at radius 2 is 1.23 bits per heavy atom. The van der Waals surface area contributed by atoms with E-state index in [4.69, 9.17) is 0 Å². The first-order valence-electron chi connectivity index (χ1n) is 13.2. The number of hydrogen-bond acceptors (Lipinski definition) is 4. The highest BCUT2D eigenvalue weighted by atomic mass is 19.4. The van der Waals surface area contributed by atoms with Gasteiger partial charge >= 0.3 is 36.0 Å². The molecular formula is C25H34F10O4. The summed E-state index contributed by atoms with van der Waals surface area (Å²) in [5.74, 6) is -24.9. The Morgan fingerprint density at radius 3 is 1.62 bits per heavy atom. The Morgan fingerprint density at radius 1 is 0.795 bits per heavy atom. The minimum atomic E-state index is -6.67. The summed E-state index contributed by atoms with van der Waals surface area (Å²) in [6.07, 6.45) is -16.1. The van der Waals surface area contributed by atoms with Crippen molar-refractivity contribution < 1.29 is 63.3 Å². The number of carbonyl (C=O) groups is 1. The number of halogens is 10. The molecule has 0 bridgehead atoms. The molecule has 1 aliphatic heterocycles. The molecule has 228 valence electrons. The Balaban J connectivity index is 2.47. The van der Waals surface area contributed by atoms with Gasteiger partial charge in [0.2, 0.25) is 11.2 Å². The molecule has 0 radical (unpaired) electrons. The van der Waals surface area contributed by atoms with E-state index >= 15 is 17.6 Å². The third-order valence-electron chi connectivity index (χ3n) is 8.99. The molecule has 3 fully saturated rings. The van der Waals surface area contributed by atoms with E-state index in [0.717, 1.165) is 13.8 Å². The minimum absolute atomic E-state index is 0.0931. The predicted octanol–water partition coefficient (Wildman–Crippen LogP) is 7.72. The van der Waals surface area contributed by atoms with Gasteiger partial charge in [-0.2, -0.15) is 43.9 Å². The lowest BCUT2D eigenvalue weighted by molar-refractivity contribution is -0.569. The van der Waals surface area contributed by atoms with Gasteiger partial charge in [-0.25, -0.2) is 0 Å². The second-order valence-corrected chi connectivity index (χ2v) is 11.7. The summed E-state index contributed by atoms with van der Waals surface area (Å²) in [5, 5.41) is 11.3. The Hall–Kier alpha value is -1.31. The van der Waals surface area contributed by atoms with Gasteiger partial charge in [0.1, 0.15) is 0 Å². The van der Waals surface area contributed by atoms with Crippen molar-refractivity contribution in [1.29, 1.82) is 0 Å².